The van der Waals surface area contributed by atoms with Gasteiger partial charge in [-0.1, -0.05) is 40.9 Å². The Kier molecular flexibility index (Phi) is 7.05. The maximum absolute atomic E-state index is 12.3. The van der Waals surface area contributed by atoms with E-state index in [1.54, 1.807) is 30.3 Å². The number of thiocarbonyl (C=S) groups is 1. The van der Waals surface area contributed by atoms with Crippen molar-refractivity contribution in [1.29, 1.82) is 0 Å². The van der Waals surface area contributed by atoms with E-state index in [-0.39, 0.29) is 11.0 Å². The van der Waals surface area contributed by atoms with Crippen LogP contribution in [-0.4, -0.2) is 16.9 Å². The molecule has 0 aliphatic rings. The number of rotatable bonds is 4. The molecule has 0 aromatic heterocycles. The average molecular weight is 458 g/mol. The minimum atomic E-state index is -0.432. The zero-order valence-corrected chi connectivity index (χ0v) is 18.2. The lowest BCUT2D eigenvalue weighted by atomic mass is 10.1. The van der Waals surface area contributed by atoms with Gasteiger partial charge in [0, 0.05) is 32.5 Å². The standard InChI is InChI=1S/C22H17Cl2N3O2S/c1-13-3-2-4-14(9-13)20(28)25-18-5-7-19(8-6-18)26-22(30)27-21(29)15-10-16(23)12-17(24)11-15/h2-12H,1H3,(H,25,28)(H2,26,27,29,30). The van der Waals surface area contributed by atoms with E-state index in [4.69, 9.17) is 35.4 Å². The molecule has 3 aromatic rings. The molecule has 0 bridgehead atoms. The fourth-order valence-corrected chi connectivity index (χ4v) is 3.39. The SMILES string of the molecule is Cc1cccc(C(=O)Nc2ccc(NC(=S)NC(=O)c3cc(Cl)cc(Cl)c3)cc2)c1. The molecule has 3 rings (SSSR count). The molecule has 152 valence electrons. The highest BCUT2D eigenvalue weighted by Crippen LogP contribution is 2.19. The Morgan fingerprint density at radius 3 is 1.97 bits per heavy atom. The molecule has 0 aliphatic heterocycles. The highest BCUT2D eigenvalue weighted by molar-refractivity contribution is 7.80. The zero-order valence-electron chi connectivity index (χ0n) is 15.8. The topological polar surface area (TPSA) is 70.2 Å². The molecule has 8 heteroatoms. The van der Waals surface area contributed by atoms with Crippen LogP contribution in [0.15, 0.2) is 66.7 Å². The number of benzene rings is 3. The Balaban J connectivity index is 1.57. The summed E-state index contributed by atoms with van der Waals surface area (Å²) < 4.78 is 0. The van der Waals surface area contributed by atoms with E-state index in [9.17, 15) is 9.59 Å². The first-order valence-corrected chi connectivity index (χ1v) is 10.0. The maximum atomic E-state index is 12.3. The third kappa shape index (κ3) is 6.03. The third-order valence-corrected chi connectivity index (χ3v) is 4.67. The monoisotopic (exact) mass is 457 g/mol. The van der Waals surface area contributed by atoms with Crippen LogP contribution in [0.2, 0.25) is 10.0 Å². The van der Waals surface area contributed by atoms with Crippen molar-refractivity contribution in [2.24, 2.45) is 0 Å². The van der Waals surface area contributed by atoms with E-state index in [1.165, 1.54) is 18.2 Å². The molecule has 0 heterocycles. The summed E-state index contributed by atoms with van der Waals surface area (Å²) in [5.41, 5.74) is 3.18. The summed E-state index contributed by atoms with van der Waals surface area (Å²) >= 11 is 17.0. The summed E-state index contributed by atoms with van der Waals surface area (Å²) in [7, 11) is 0. The Morgan fingerprint density at radius 2 is 1.37 bits per heavy atom. The molecule has 3 N–H and O–H groups in total. The second-order valence-electron chi connectivity index (χ2n) is 6.47. The van der Waals surface area contributed by atoms with Crippen molar-refractivity contribution in [3.63, 3.8) is 0 Å². The van der Waals surface area contributed by atoms with E-state index in [0.717, 1.165) is 5.56 Å². The minimum absolute atomic E-state index is 0.118. The molecule has 3 aromatic carbocycles. The van der Waals surface area contributed by atoms with Crippen LogP contribution >= 0.6 is 35.4 Å². The minimum Gasteiger partial charge on any atom is -0.332 e. The quantitative estimate of drug-likeness (QED) is 0.440. The van der Waals surface area contributed by atoms with Gasteiger partial charge in [-0.25, -0.2) is 0 Å². The van der Waals surface area contributed by atoms with Gasteiger partial charge < -0.3 is 10.6 Å². The Hall–Kier alpha value is -2.93. The molecule has 0 spiro atoms. The third-order valence-electron chi connectivity index (χ3n) is 4.03. The highest BCUT2D eigenvalue weighted by Gasteiger charge is 2.10. The van der Waals surface area contributed by atoms with E-state index >= 15 is 0 Å². The van der Waals surface area contributed by atoms with E-state index in [1.807, 2.05) is 25.1 Å². The molecule has 0 radical (unpaired) electrons. The Labute approximate surface area is 189 Å². The second-order valence-corrected chi connectivity index (χ2v) is 7.75. The molecule has 0 saturated heterocycles. The molecule has 5 nitrogen and oxygen atoms in total. The number of anilines is 2. The molecule has 0 unspecified atom stereocenters. The van der Waals surface area contributed by atoms with Gasteiger partial charge >= 0.3 is 0 Å². The van der Waals surface area contributed by atoms with Crippen molar-refractivity contribution in [3.8, 4) is 0 Å². The largest absolute Gasteiger partial charge is 0.332 e. The normalized spacial score (nSPS) is 10.2. The van der Waals surface area contributed by atoms with Gasteiger partial charge in [-0.2, -0.15) is 0 Å². The van der Waals surface area contributed by atoms with Crippen molar-refractivity contribution in [2.45, 2.75) is 6.92 Å². The van der Waals surface area contributed by atoms with Gasteiger partial charge in [0.1, 0.15) is 0 Å². The van der Waals surface area contributed by atoms with Crippen molar-refractivity contribution in [1.82, 2.24) is 5.32 Å². The van der Waals surface area contributed by atoms with Gasteiger partial charge in [0.2, 0.25) is 0 Å². The first-order valence-electron chi connectivity index (χ1n) is 8.87. The number of hydrogen-bond donors (Lipinski definition) is 3. The number of aryl methyl sites for hydroxylation is 1. The van der Waals surface area contributed by atoms with Crippen LogP contribution in [0, 0.1) is 6.92 Å². The molecule has 0 saturated carbocycles. The van der Waals surface area contributed by atoms with Crippen LogP contribution in [-0.2, 0) is 0 Å². The molecule has 0 atom stereocenters. The van der Waals surface area contributed by atoms with Crippen molar-refractivity contribution in [2.75, 3.05) is 10.6 Å². The summed E-state index contributed by atoms with van der Waals surface area (Å²) in [5, 5.41) is 9.15. The predicted octanol–water partition coefficient (Wildman–Crippen LogP) is 5.68. The van der Waals surface area contributed by atoms with Gasteiger partial charge in [-0.15, -0.1) is 0 Å². The van der Waals surface area contributed by atoms with Gasteiger partial charge in [-0.05, 0) is 73.7 Å². The fraction of sp³-hybridized carbons (Fsp3) is 0.0455. The molecule has 0 fully saturated rings. The van der Waals surface area contributed by atoms with Crippen molar-refractivity contribution in [3.05, 3.63) is 93.5 Å². The van der Waals surface area contributed by atoms with Crippen LogP contribution in [0.3, 0.4) is 0 Å². The van der Waals surface area contributed by atoms with Crippen LogP contribution < -0.4 is 16.0 Å². The van der Waals surface area contributed by atoms with Gasteiger partial charge in [-0.3, -0.25) is 14.9 Å². The highest BCUT2D eigenvalue weighted by atomic mass is 35.5. The van der Waals surface area contributed by atoms with Crippen LogP contribution in [0.4, 0.5) is 11.4 Å². The van der Waals surface area contributed by atoms with Crippen LogP contribution in [0.5, 0.6) is 0 Å². The lowest BCUT2D eigenvalue weighted by molar-refractivity contribution is 0.0976. The first kappa shape index (κ1) is 21.8. The molecular formula is C22H17Cl2N3O2S. The van der Waals surface area contributed by atoms with E-state index in [0.29, 0.717) is 32.5 Å². The van der Waals surface area contributed by atoms with Gasteiger partial charge in [0.25, 0.3) is 11.8 Å². The molecular weight excluding hydrogens is 441 g/mol. The molecule has 2 amide bonds. The molecule has 0 aliphatic carbocycles. The summed E-state index contributed by atoms with van der Waals surface area (Å²) in [6.45, 7) is 1.93. The maximum Gasteiger partial charge on any atom is 0.257 e. The summed E-state index contributed by atoms with van der Waals surface area (Å²) in [6.07, 6.45) is 0. The number of halogens is 2. The second kappa shape index (κ2) is 9.71. The van der Waals surface area contributed by atoms with Crippen molar-refractivity contribution < 1.29 is 9.59 Å². The summed E-state index contributed by atoms with van der Waals surface area (Å²) in [5.74, 6) is -0.624. The van der Waals surface area contributed by atoms with Crippen LogP contribution in [0.25, 0.3) is 0 Å². The molecule has 30 heavy (non-hydrogen) atoms. The van der Waals surface area contributed by atoms with Crippen LogP contribution in [0.1, 0.15) is 26.3 Å². The summed E-state index contributed by atoms with van der Waals surface area (Å²) in [4.78, 5) is 24.6. The fourth-order valence-electron chi connectivity index (χ4n) is 2.65. The average Bonchev–Trinajstić information content (AvgIpc) is 2.68. The van der Waals surface area contributed by atoms with Gasteiger partial charge in [0.05, 0.1) is 0 Å². The lowest BCUT2D eigenvalue weighted by Crippen LogP contribution is -2.34. The van der Waals surface area contributed by atoms with Gasteiger partial charge in [0.15, 0.2) is 5.11 Å². The smallest absolute Gasteiger partial charge is 0.257 e. The predicted molar refractivity (Wildman–Crippen MR) is 126 cm³/mol. The Morgan fingerprint density at radius 1 is 0.767 bits per heavy atom. The number of amides is 2. The number of carbonyl (C=O) groups excluding carboxylic acids is 2. The Bertz CT molecular complexity index is 1100. The van der Waals surface area contributed by atoms with Crippen molar-refractivity contribution >= 4 is 63.7 Å². The number of carbonyl (C=O) groups is 2. The van der Waals surface area contributed by atoms with E-state index in [2.05, 4.69) is 16.0 Å². The number of hydrogen-bond acceptors (Lipinski definition) is 3. The zero-order chi connectivity index (χ0) is 21.7. The number of nitrogens with one attached hydrogen (secondary N) is 3. The first-order chi connectivity index (χ1) is 14.3. The van der Waals surface area contributed by atoms with E-state index < -0.39 is 5.91 Å². The summed E-state index contributed by atoms with van der Waals surface area (Å²) in [6, 6.07) is 18.8. The lowest BCUT2D eigenvalue weighted by Gasteiger charge is -2.11.